The Morgan fingerprint density at radius 1 is 1.35 bits per heavy atom. The number of benzene rings is 1. The molecule has 1 aliphatic heterocycles. The van der Waals surface area contributed by atoms with E-state index in [1.54, 1.807) is 24.3 Å². The molecule has 94 valence electrons. The van der Waals surface area contributed by atoms with Crippen molar-refractivity contribution in [3.63, 3.8) is 0 Å². The van der Waals surface area contributed by atoms with Crippen molar-refractivity contribution >= 4 is 31.5 Å². The predicted molar refractivity (Wildman–Crippen MR) is 66.1 cm³/mol. The molecular weight excluding hydrogens is 286 g/mol. The standard InChI is InChI=1S/C10H11Cl2O4P/c11-8-3-1-2-4-9(8)16-10(12)7-5-14-17(13)15-6-7/h1-4,7,10,17H,5-6H2. The summed E-state index contributed by atoms with van der Waals surface area (Å²) < 4.78 is 26.2. The van der Waals surface area contributed by atoms with Crippen molar-refractivity contribution in [3.05, 3.63) is 29.3 Å². The summed E-state index contributed by atoms with van der Waals surface area (Å²) in [5.41, 5.74) is -0.634. The highest BCUT2D eigenvalue weighted by Crippen LogP contribution is 2.34. The van der Waals surface area contributed by atoms with Crippen molar-refractivity contribution in [2.45, 2.75) is 5.56 Å². The summed E-state index contributed by atoms with van der Waals surface area (Å²) in [5.74, 6) is 0.336. The Balaban J connectivity index is 1.95. The summed E-state index contributed by atoms with van der Waals surface area (Å²) in [6.07, 6.45) is 0. The molecule has 0 spiro atoms. The maximum atomic E-state index is 10.9. The minimum atomic E-state index is -2.33. The average molecular weight is 297 g/mol. The molecule has 17 heavy (non-hydrogen) atoms. The first-order chi connectivity index (χ1) is 8.16. The van der Waals surface area contributed by atoms with Gasteiger partial charge in [0, 0.05) is 0 Å². The van der Waals surface area contributed by atoms with E-state index in [1.165, 1.54) is 0 Å². The van der Waals surface area contributed by atoms with Gasteiger partial charge in [0.15, 0.2) is 5.56 Å². The zero-order valence-electron chi connectivity index (χ0n) is 8.77. The molecule has 1 aromatic rings. The van der Waals surface area contributed by atoms with E-state index >= 15 is 0 Å². The van der Waals surface area contributed by atoms with Gasteiger partial charge in [0.25, 0.3) is 0 Å². The average Bonchev–Trinajstić information content (AvgIpc) is 2.33. The molecule has 0 amide bonds. The van der Waals surface area contributed by atoms with Crippen molar-refractivity contribution in [2.75, 3.05) is 13.2 Å². The Morgan fingerprint density at radius 3 is 2.65 bits per heavy atom. The molecule has 0 N–H and O–H groups in total. The van der Waals surface area contributed by atoms with Gasteiger partial charge in [0.1, 0.15) is 5.75 Å². The molecule has 0 aromatic heterocycles. The van der Waals surface area contributed by atoms with Crippen LogP contribution < -0.4 is 4.74 Å². The van der Waals surface area contributed by atoms with E-state index in [0.717, 1.165) is 0 Å². The van der Waals surface area contributed by atoms with Crippen LogP contribution in [0, 0.1) is 5.92 Å². The number of halogens is 2. The van der Waals surface area contributed by atoms with Gasteiger partial charge < -0.3 is 13.8 Å². The highest BCUT2D eigenvalue weighted by molar-refractivity contribution is 7.33. The minimum absolute atomic E-state index is 0.171. The molecule has 0 aliphatic carbocycles. The van der Waals surface area contributed by atoms with E-state index in [-0.39, 0.29) is 19.1 Å². The highest BCUT2D eigenvalue weighted by Gasteiger charge is 2.27. The first kappa shape index (κ1) is 13.2. The lowest BCUT2D eigenvalue weighted by atomic mass is 10.2. The fourth-order valence-corrected chi connectivity index (χ4v) is 2.55. The molecule has 1 heterocycles. The van der Waals surface area contributed by atoms with Gasteiger partial charge in [-0.2, -0.15) is 0 Å². The fraction of sp³-hybridized carbons (Fsp3) is 0.400. The third-order valence-electron chi connectivity index (χ3n) is 2.28. The smallest absolute Gasteiger partial charge is 0.319 e. The molecule has 0 radical (unpaired) electrons. The summed E-state index contributed by atoms with van der Waals surface area (Å²) in [6.45, 7) is 0.521. The van der Waals surface area contributed by atoms with Gasteiger partial charge >= 0.3 is 8.25 Å². The highest BCUT2D eigenvalue weighted by atomic mass is 35.5. The van der Waals surface area contributed by atoms with Gasteiger partial charge in [0.2, 0.25) is 0 Å². The van der Waals surface area contributed by atoms with E-state index in [9.17, 15) is 4.57 Å². The first-order valence-corrected chi connectivity index (χ1v) is 7.05. The van der Waals surface area contributed by atoms with Crippen molar-refractivity contribution in [2.24, 2.45) is 5.92 Å². The second kappa shape index (κ2) is 6.07. The molecule has 2 rings (SSSR count). The molecule has 4 nitrogen and oxygen atoms in total. The van der Waals surface area contributed by atoms with Gasteiger partial charge in [-0.1, -0.05) is 35.3 Å². The molecule has 0 bridgehead atoms. The Hall–Kier alpha value is -0.250. The van der Waals surface area contributed by atoms with Gasteiger partial charge in [-0.05, 0) is 12.1 Å². The Bertz CT molecular complexity index is 405. The lowest BCUT2D eigenvalue weighted by molar-refractivity contribution is 0.0614. The second-order valence-corrected chi connectivity index (χ2v) is 5.45. The van der Waals surface area contributed by atoms with Crippen LogP contribution in [0.25, 0.3) is 0 Å². The Morgan fingerprint density at radius 2 is 2.00 bits per heavy atom. The Kier molecular flexibility index (Phi) is 4.71. The monoisotopic (exact) mass is 296 g/mol. The molecule has 1 fully saturated rings. The zero-order valence-corrected chi connectivity index (χ0v) is 11.3. The molecule has 1 aliphatic rings. The van der Waals surface area contributed by atoms with E-state index < -0.39 is 13.8 Å². The predicted octanol–water partition coefficient (Wildman–Crippen LogP) is 3.34. The number of alkyl halides is 1. The number of rotatable bonds is 3. The van der Waals surface area contributed by atoms with Gasteiger partial charge in [-0.3, -0.25) is 4.57 Å². The van der Waals surface area contributed by atoms with Gasteiger partial charge in [0.05, 0.1) is 24.2 Å². The van der Waals surface area contributed by atoms with Crippen molar-refractivity contribution in [1.29, 1.82) is 0 Å². The topological polar surface area (TPSA) is 44.8 Å². The summed E-state index contributed by atoms with van der Waals surface area (Å²) in [4.78, 5) is 0. The molecule has 1 atom stereocenters. The van der Waals surface area contributed by atoms with Crippen molar-refractivity contribution in [3.8, 4) is 5.75 Å². The van der Waals surface area contributed by atoms with Crippen molar-refractivity contribution in [1.82, 2.24) is 0 Å². The largest absolute Gasteiger partial charge is 0.473 e. The lowest BCUT2D eigenvalue weighted by Crippen LogP contribution is -2.31. The molecule has 1 unspecified atom stereocenters. The summed E-state index contributed by atoms with van der Waals surface area (Å²) >= 11 is 12.0. The number of hydrogen-bond acceptors (Lipinski definition) is 4. The molecular formula is C10H11Cl2O4P. The van der Waals surface area contributed by atoms with Crippen LogP contribution in [0.1, 0.15) is 0 Å². The zero-order chi connectivity index (χ0) is 12.3. The number of ether oxygens (including phenoxy) is 1. The molecule has 0 saturated carbocycles. The van der Waals surface area contributed by atoms with Crippen LogP contribution >= 0.6 is 31.5 Å². The maximum Gasteiger partial charge on any atom is 0.319 e. The second-order valence-electron chi connectivity index (χ2n) is 3.53. The van der Waals surface area contributed by atoms with Crippen LogP contribution in [0.5, 0.6) is 5.75 Å². The van der Waals surface area contributed by atoms with E-state index in [1.807, 2.05) is 0 Å². The minimum Gasteiger partial charge on any atom is -0.473 e. The SMILES string of the molecule is O=[PH]1OCC(C(Cl)Oc2ccccc2Cl)CO1. The quantitative estimate of drug-likeness (QED) is 0.634. The first-order valence-electron chi connectivity index (χ1n) is 5.01. The summed E-state index contributed by atoms with van der Waals surface area (Å²) in [6, 6.07) is 7.05. The van der Waals surface area contributed by atoms with Crippen LogP contribution in [0.4, 0.5) is 0 Å². The third kappa shape index (κ3) is 3.60. The van der Waals surface area contributed by atoms with Crippen LogP contribution in [0.2, 0.25) is 5.02 Å². The van der Waals surface area contributed by atoms with Gasteiger partial charge in [-0.25, -0.2) is 0 Å². The van der Waals surface area contributed by atoms with Crippen molar-refractivity contribution < 1.29 is 18.3 Å². The number of hydrogen-bond donors (Lipinski definition) is 0. The number of para-hydroxylation sites is 1. The van der Waals surface area contributed by atoms with Crippen LogP contribution in [0.15, 0.2) is 24.3 Å². The molecule has 1 saturated heterocycles. The maximum absolute atomic E-state index is 10.9. The normalized spacial score (nSPS) is 26.5. The molecule has 7 heteroatoms. The lowest BCUT2D eigenvalue weighted by Gasteiger charge is -2.26. The van der Waals surface area contributed by atoms with Crippen LogP contribution in [-0.4, -0.2) is 18.8 Å². The fourth-order valence-electron chi connectivity index (χ4n) is 1.35. The van der Waals surface area contributed by atoms with Crippen LogP contribution in [-0.2, 0) is 13.6 Å². The Labute approximate surface area is 110 Å². The van der Waals surface area contributed by atoms with E-state index in [2.05, 4.69) is 0 Å². The van der Waals surface area contributed by atoms with E-state index in [4.69, 9.17) is 37.0 Å². The van der Waals surface area contributed by atoms with Gasteiger partial charge in [-0.15, -0.1) is 0 Å². The third-order valence-corrected chi connectivity index (χ3v) is 3.84. The van der Waals surface area contributed by atoms with E-state index in [0.29, 0.717) is 10.8 Å². The summed E-state index contributed by atoms with van der Waals surface area (Å²) in [7, 11) is -2.33. The summed E-state index contributed by atoms with van der Waals surface area (Å²) in [5, 5.41) is 0.490. The van der Waals surface area contributed by atoms with Crippen LogP contribution in [0.3, 0.4) is 0 Å². The molecule has 1 aromatic carbocycles.